The molecule has 0 saturated carbocycles. The van der Waals surface area contributed by atoms with E-state index in [1.807, 2.05) is 0 Å². The van der Waals surface area contributed by atoms with Crippen LogP contribution in [0.25, 0.3) is 5.52 Å². The van der Waals surface area contributed by atoms with Crippen molar-refractivity contribution in [2.45, 2.75) is 6.18 Å². The van der Waals surface area contributed by atoms with Gasteiger partial charge in [-0.2, -0.15) is 13.2 Å². The van der Waals surface area contributed by atoms with E-state index < -0.39 is 23.3 Å². The van der Waals surface area contributed by atoms with Gasteiger partial charge in [0, 0.05) is 11.4 Å². The van der Waals surface area contributed by atoms with E-state index in [0.29, 0.717) is 0 Å². The molecule has 0 aliphatic rings. The summed E-state index contributed by atoms with van der Waals surface area (Å²) < 4.78 is 38.5. The minimum Gasteiger partial charge on any atom is -0.305 e. The van der Waals surface area contributed by atoms with Crippen LogP contribution in [-0.2, 0) is 6.18 Å². The Kier molecular flexibility index (Phi) is 2.41. The van der Waals surface area contributed by atoms with Gasteiger partial charge in [-0.15, -0.1) is 4.91 Å². The van der Waals surface area contributed by atoms with E-state index in [9.17, 15) is 22.9 Å². The number of nitroso groups, excluding NO2 is 1. The van der Waals surface area contributed by atoms with Gasteiger partial charge >= 0.3 is 12.1 Å². The zero-order chi connectivity index (χ0) is 12.6. The topological polar surface area (TPSA) is 63.8 Å². The molecule has 0 bridgehead atoms. The molecule has 0 unspecified atom stereocenters. The van der Waals surface area contributed by atoms with Gasteiger partial charge < -0.3 is 4.40 Å². The minimum absolute atomic E-state index is 0.107. The lowest BCUT2D eigenvalue weighted by atomic mass is 10.2. The lowest BCUT2D eigenvalue weighted by molar-refractivity contribution is -0.137. The maximum absolute atomic E-state index is 12.4. The molecule has 0 saturated heterocycles. The van der Waals surface area contributed by atoms with Crippen molar-refractivity contribution in [2.24, 2.45) is 5.18 Å². The smallest absolute Gasteiger partial charge is 0.305 e. The van der Waals surface area contributed by atoms with E-state index in [4.69, 9.17) is 0 Å². The largest absolute Gasteiger partial charge is 0.416 e. The fourth-order valence-corrected chi connectivity index (χ4v) is 1.37. The fraction of sp³-hybridized carbons (Fsp3) is 0.111. The van der Waals surface area contributed by atoms with Crippen LogP contribution < -0.4 is 0 Å². The first-order chi connectivity index (χ1) is 7.93. The molecule has 2 aromatic rings. The molecule has 0 spiro atoms. The van der Waals surface area contributed by atoms with Crippen molar-refractivity contribution in [2.75, 3.05) is 0 Å². The van der Waals surface area contributed by atoms with Crippen LogP contribution in [0.1, 0.15) is 16.1 Å². The van der Waals surface area contributed by atoms with E-state index in [-0.39, 0.29) is 5.52 Å². The van der Waals surface area contributed by atoms with Gasteiger partial charge in [0.05, 0.1) is 11.1 Å². The summed E-state index contributed by atoms with van der Waals surface area (Å²) in [5.41, 5.74) is -1.43. The van der Waals surface area contributed by atoms with Crippen molar-refractivity contribution in [3.63, 3.8) is 0 Å². The van der Waals surface area contributed by atoms with Crippen molar-refractivity contribution < 1.29 is 18.0 Å². The predicted molar refractivity (Wildman–Crippen MR) is 50.3 cm³/mol. The van der Waals surface area contributed by atoms with Crippen LogP contribution in [0.2, 0.25) is 0 Å². The van der Waals surface area contributed by atoms with Crippen molar-refractivity contribution in [3.8, 4) is 0 Å². The van der Waals surface area contributed by atoms with Crippen LogP contribution in [0.3, 0.4) is 0 Å². The molecule has 17 heavy (non-hydrogen) atoms. The van der Waals surface area contributed by atoms with Gasteiger partial charge in [0.25, 0.3) is 0 Å². The van der Waals surface area contributed by atoms with Gasteiger partial charge in [-0.1, -0.05) is 0 Å². The summed E-state index contributed by atoms with van der Waals surface area (Å²) in [6.07, 6.45) is -2.29. The van der Waals surface area contributed by atoms with Gasteiger partial charge in [-0.25, -0.2) is 4.98 Å². The number of carbonyl (C=O) groups is 1. The highest BCUT2D eigenvalue weighted by Crippen LogP contribution is 2.30. The third-order valence-corrected chi connectivity index (χ3v) is 2.15. The first-order valence-corrected chi connectivity index (χ1v) is 4.35. The van der Waals surface area contributed by atoms with Crippen molar-refractivity contribution in [1.29, 1.82) is 0 Å². The zero-order valence-electron chi connectivity index (χ0n) is 8.10. The average Bonchev–Trinajstić information content (AvgIpc) is 2.69. The molecule has 0 atom stereocenters. The highest BCUT2D eigenvalue weighted by atomic mass is 19.4. The van der Waals surface area contributed by atoms with Gasteiger partial charge in [-0.05, 0) is 12.1 Å². The Hall–Kier alpha value is -2.25. The summed E-state index contributed by atoms with van der Waals surface area (Å²) >= 11 is 0. The van der Waals surface area contributed by atoms with Gasteiger partial charge in [0.2, 0.25) is 0 Å². The van der Waals surface area contributed by atoms with E-state index in [2.05, 4.69) is 10.2 Å². The summed E-state index contributed by atoms with van der Waals surface area (Å²) in [4.78, 5) is 24.6. The first kappa shape index (κ1) is 11.2. The Morgan fingerprint density at radius 1 is 1.41 bits per heavy atom. The van der Waals surface area contributed by atoms with E-state index in [0.717, 1.165) is 24.7 Å². The summed E-state index contributed by atoms with van der Waals surface area (Å²) in [6.45, 7) is 0. The zero-order valence-corrected chi connectivity index (χ0v) is 8.10. The quantitative estimate of drug-likeness (QED) is 0.721. The SMILES string of the molecule is O=NC(=O)c1ncn2ccc(C(F)(F)F)cc12. The van der Waals surface area contributed by atoms with Crippen molar-refractivity contribution >= 4 is 11.4 Å². The second-order valence-corrected chi connectivity index (χ2v) is 3.20. The molecular formula is C9H4F3N3O2. The second kappa shape index (κ2) is 3.65. The van der Waals surface area contributed by atoms with Crippen LogP contribution >= 0.6 is 0 Å². The normalized spacial score (nSPS) is 11.7. The molecule has 2 rings (SSSR count). The number of halogens is 3. The molecule has 0 aliphatic carbocycles. The van der Waals surface area contributed by atoms with Crippen molar-refractivity contribution in [3.05, 3.63) is 40.8 Å². The molecule has 2 aromatic heterocycles. The number of alkyl halides is 3. The van der Waals surface area contributed by atoms with Crippen LogP contribution in [-0.4, -0.2) is 15.3 Å². The molecule has 1 amide bonds. The third-order valence-electron chi connectivity index (χ3n) is 2.15. The summed E-state index contributed by atoms with van der Waals surface area (Å²) in [5.74, 6) is -1.20. The highest BCUT2D eigenvalue weighted by molar-refractivity contribution is 5.99. The Balaban J connectivity index is 2.66. The Morgan fingerprint density at radius 3 is 2.71 bits per heavy atom. The molecule has 2 heterocycles. The number of imidazole rings is 1. The van der Waals surface area contributed by atoms with E-state index in [1.54, 1.807) is 0 Å². The lowest BCUT2D eigenvalue weighted by Gasteiger charge is -2.06. The lowest BCUT2D eigenvalue weighted by Crippen LogP contribution is -2.06. The maximum atomic E-state index is 12.4. The number of hydrogen-bond acceptors (Lipinski definition) is 3. The molecule has 0 aromatic carbocycles. The number of amides is 1. The molecular weight excluding hydrogens is 239 g/mol. The van der Waals surface area contributed by atoms with Crippen molar-refractivity contribution in [1.82, 2.24) is 9.38 Å². The number of fused-ring (bicyclic) bond motifs is 1. The second-order valence-electron chi connectivity index (χ2n) is 3.20. The van der Waals surface area contributed by atoms with E-state index in [1.165, 1.54) is 4.40 Å². The number of nitrogens with zero attached hydrogens (tertiary/aromatic N) is 3. The number of rotatable bonds is 1. The van der Waals surface area contributed by atoms with Crippen LogP contribution in [0.15, 0.2) is 29.8 Å². The maximum Gasteiger partial charge on any atom is 0.416 e. The van der Waals surface area contributed by atoms with Gasteiger partial charge in [0.15, 0.2) is 5.69 Å². The predicted octanol–water partition coefficient (Wildman–Crippen LogP) is 2.26. The van der Waals surface area contributed by atoms with E-state index >= 15 is 0 Å². The van der Waals surface area contributed by atoms with Gasteiger partial charge in [-0.3, -0.25) is 4.79 Å². The number of pyridine rings is 1. The van der Waals surface area contributed by atoms with Crippen LogP contribution in [0, 0.1) is 4.91 Å². The summed E-state index contributed by atoms with van der Waals surface area (Å²) in [5, 5.41) is 2.13. The highest BCUT2D eigenvalue weighted by Gasteiger charge is 2.31. The third kappa shape index (κ3) is 1.88. The molecule has 8 heteroatoms. The number of aromatic nitrogens is 2. The standard InChI is InChI=1S/C9H4F3N3O2/c10-9(11,12)5-1-2-15-4-13-7(6(15)3-5)8(16)14-17/h1-4H. The Labute approximate surface area is 91.9 Å². The number of hydrogen-bond donors (Lipinski definition) is 0. The minimum atomic E-state index is -4.53. The number of carbonyl (C=O) groups excluding carboxylic acids is 1. The van der Waals surface area contributed by atoms with Crippen LogP contribution in [0.5, 0.6) is 0 Å². The summed E-state index contributed by atoms with van der Waals surface area (Å²) in [7, 11) is 0. The molecule has 0 fully saturated rings. The molecule has 0 aliphatic heterocycles. The van der Waals surface area contributed by atoms with Gasteiger partial charge in [0.1, 0.15) is 6.33 Å². The molecule has 5 nitrogen and oxygen atoms in total. The molecule has 88 valence electrons. The molecule has 0 N–H and O–H groups in total. The summed E-state index contributed by atoms with van der Waals surface area (Å²) in [6, 6.07) is 1.59. The monoisotopic (exact) mass is 243 g/mol. The van der Waals surface area contributed by atoms with Crippen LogP contribution in [0.4, 0.5) is 13.2 Å². The first-order valence-electron chi connectivity index (χ1n) is 4.35. The fourth-order valence-electron chi connectivity index (χ4n) is 1.37. The Morgan fingerprint density at radius 2 is 2.12 bits per heavy atom. The molecule has 0 radical (unpaired) electrons. The average molecular weight is 243 g/mol. The Bertz CT molecular complexity index is 603.